The maximum atomic E-state index is 3.44. The van der Waals surface area contributed by atoms with Crippen molar-refractivity contribution in [1.29, 1.82) is 0 Å². The molecule has 2 aliphatic heterocycles. The van der Waals surface area contributed by atoms with Crippen LogP contribution in [0.2, 0.25) is 0 Å². The number of thioether (sulfide) groups is 1. The van der Waals surface area contributed by atoms with E-state index in [2.05, 4.69) is 35.8 Å². The molecular weight excluding hydrogens is 192 g/mol. The summed E-state index contributed by atoms with van der Waals surface area (Å²) in [5.74, 6) is 1.32. The van der Waals surface area contributed by atoms with E-state index in [4.69, 9.17) is 0 Å². The highest BCUT2D eigenvalue weighted by atomic mass is 32.2. The maximum Gasteiger partial charge on any atom is 0.0231 e. The van der Waals surface area contributed by atoms with Gasteiger partial charge in [-0.2, -0.15) is 11.8 Å². The van der Waals surface area contributed by atoms with Crippen LogP contribution in [0.4, 0.5) is 0 Å². The highest BCUT2D eigenvalue weighted by Gasteiger charge is 2.31. The molecule has 82 valence electrons. The molecule has 14 heavy (non-hydrogen) atoms. The maximum absolute atomic E-state index is 3.44. The van der Waals surface area contributed by atoms with Gasteiger partial charge < -0.3 is 5.32 Å². The molecule has 0 atom stereocenters. The fourth-order valence-corrected chi connectivity index (χ4v) is 3.67. The van der Waals surface area contributed by atoms with Gasteiger partial charge in [0.15, 0.2) is 0 Å². The molecule has 2 saturated heterocycles. The summed E-state index contributed by atoms with van der Waals surface area (Å²) in [6, 6.07) is 0.858. The molecule has 0 aromatic heterocycles. The Morgan fingerprint density at radius 2 is 2.00 bits per heavy atom. The lowest BCUT2D eigenvalue weighted by Crippen LogP contribution is -2.51. The molecule has 0 aromatic rings. The molecule has 0 aromatic carbocycles. The summed E-state index contributed by atoms with van der Waals surface area (Å²) in [4.78, 5) is 2.72. The van der Waals surface area contributed by atoms with Crippen LogP contribution in [0.5, 0.6) is 0 Å². The van der Waals surface area contributed by atoms with Crippen LogP contribution in [0.25, 0.3) is 0 Å². The molecule has 0 bridgehead atoms. The molecule has 1 N–H and O–H groups in total. The number of nitrogens with zero attached hydrogens (tertiary/aromatic N) is 1. The van der Waals surface area contributed by atoms with Crippen LogP contribution >= 0.6 is 11.8 Å². The molecule has 0 amide bonds. The molecule has 0 spiro atoms. The van der Waals surface area contributed by atoms with Crippen molar-refractivity contribution in [3.8, 4) is 0 Å². The fourth-order valence-electron chi connectivity index (χ4n) is 2.54. The Hall–Kier alpha value is 0.270. The topological polar surface area (TPSA) is 15.3 Å². The summed E-state index contributed by atoms with van der Waals surface area (Å²) in [5.41, 5.74) is 0. The van der Waals surface area contributed by atoms with Crippen molar-refractivity contribution >= 4 is 11.8 Å². The monoisotopic (exact) mass is 214 g/mol. The Balaban J connectivity index is 1.89. The Labute approximate surface area is 91.8 Å². The second kappa shape index (κ2) is 4.42. The molecule has 0 aliphatic carbocycles. The van der Waals surface area contributed by atoms with Gasteiger partial charge in [0, 0.05) is 29.6 Å². The van der Waals surface area contributed by atoms with E-state index in [1.165, 1.54) is 44.8 Å². The molecule has 2 nitrogen and oxygen atoms in total. The van der Waals surface area contributed by atoms with Crippen molar-refractivity contribution in [1.82, 2.24) is 10.2 Å². The first-order valence-electron chi connectivity index (χ1n) is 5.76. The molecule has 3 heteroatoms. The van der Waals surface area contributed by atoms with Gasteiger partial charge in [0.25, 0.3) is 0 Å². The molecule has 0 unspecified atom stereocenters. The summed E-state index contributed by atoms with van der Waals surface area (Å²) in [6.45, 7) is 9.78. The van der Waals surface area contributed by atoms with E-state index >= 15 is 0 Å². The zero-order chi connectivity index (χ0) is 10.0. The molecule has 2 rings (SSSR count). The smallest absolute Gasteiger partial charge is 0.0231 e. The Morgan fingerprint density at radius 1 is 1.29 bits per heavy atom. The van der Waals surface area contributed by atoms with Crippen LogP contribution in [0.3, 0.4) is 0 Å². The predicted molar refractivity (Wildman–Crippen MR) is 64.0 cm³/mol. The van der Waals surface area contributed by atoms with Crippen molar-refractivity contribution in [3.63, 3.8) is 0 Å². The Bertz CT molecular complexity index is 188. The Morgan fingerprint density at radius 3 is 2.64 bits per heavy atom. The lowest BCUT2D eigenvalue weighted by Gasteiger charge is -2.43. The van der Waals surface area contributed by atoms with Gasteiger partial charge in [-0.1, -0.05) is 0 Å². The second-order valence-corrected chi connectivity index (χ2v) is 6.86. The van der Waals surface area contributed by atoms with Gasteiger partial charge in [-0.05, 0) is 39.8 Å². The highest BCUT2D eigenvalue weighted by Crippen LogP contribution is 2.31. The lowest BCUT2D eigenvalue weighted by atomic mass is 10.0. The number of rotatable bonds is 1. The minimum atomic E-state index is 0.475. The third-order valence-corrected chi connectivity index (χ3v) is 4.58. The van der Waals surface area contributed by atoms with E-state index < -0.39 is 0 Å². The Kier molecular flexibility index (Phi) is 3.40. The summed E-state index contributed by atoms with van der Waals surface area (Å²) < 4.78 is 0.475. The number of hydrogen-bond donors (Lipinski definition) is 1. The van der Waals surface area contributed by atoms with Crippen molar-refractivity contribution in [3.05, 3.63) is 0 Å². The largest absolute Gasteiger partial charge is 0.317 e. The molecule has 0 saturated carbocycles. The first-order valence-corrected chi connectivity index (χ1v) is 6.75. The van der Waals surface area contributed by atoms with Crippen molar-refractivity contribution < 1.29 is 0 Å². The predicted octanol–water partition coefficient (Wildman–Crippen LogP) is 1.57. The average molecular weight is 214 g/mol. The lowest BCUT2D eigenvalue weighted by molar-refractivity contribution is 0.155. The van der Waals surface area contributed by atoms with Crippen LogP contribution in [-0.4, -0.2) is 47.6 Å². The quantitative estimate of drug-likeness (QED) is 0.713. The highest BCUT2D eigenvalue weighted by molar-refractivity contribution is 8.00. The number of hydrogen-bond acceptors (Lipinski definition) is 3. The van der Waals surface area contributed by atoms with Gasteiger partial charge in [0.2, 0.25) is 0 Å². The van der Waals surface area contributed by atoms with Crippen molar-refractivity contribution in [2.45, 2.75) is 37.5 Å². The summed E-state index contributed by atoms with van der Waals surface area (Å²) >= 11 is 2.13. The summed E-state index contributed by atoms with van der Waals surface area (Å²) in [5, 5.41) is 3.44. The van der Waals surface area contributed by atoms with E-state index in [9.17, 15) is 0 Å². The standard InChI is InChI=1S/C11H22N2S/c1-11(2)9-13(7-8-14-11)10-3-5-12-6-4-10/h10,12H,3-9H2,1-2H3. The molecular formula is C11H22N2S. The third-order valence-electron chi connectivity index (χ3n) is 3.28. The van der Waals surface area contributed by atoms with Crippen molar-refractivity contribution in [2.75, 3.05) is 31.9 Å². The minimum Gasteiger partial charge on any atom is -0.317 e. The van der Waals surface area contributed by atoms with Gasteiger partial charge in [-0.15, -0.1) is 0 Å². The van der Waals surface area contributed by atoms with Gasteiger partial charge in [0.05, 0.1) is 0 Å². The van der Waals surface area contributed by atoms with E-state index in [-0.39, 0.29) is 0 Å². The van der Waals surface area contributed by atoms with Crippen LogP contribution in [0.1, 0.15) is 26.7 Å². The molecule has 0 radical (unpaired) electrons. The van der Waals surface area contributed by atoms with Gasteiger partial charge in [0.1, 0.15) is 0 Å². The van der Waals surface area contributed by atoms with E-state index in [0.29, 0.717) is 4.75 Å². The second-order valence-electron chi connectivity index (χ2n) is 5.06. The third kappa shape index (κ3) is 2.65. The molecule has 2 fully saturated rings. The van der Waals surface area contributed by atoms with Crippen LogP contribution < -0.4 is 5.32 Å². The van der Waals surface area contributed by atoms with Crippen LogP contribution in [0.15, 0.2) is 0 Å². The van der Waals surface area contributed by atoms with Crippen LogP contribution in [0, 0.1) is 0 Å². The normalized spacial score (nSPS) is 30.4. The summed E-state index contributed by atoms with van der Waals surface area (Å²) in [7, 11) is 0. The van der Waals surface area contributed by atoms with Gasteiger partial charge >= 0.3 is 0 Å². The minimum absolute atomic E-state index is 0.475. The van der Waals surface area contributed by atoms with Crippen molar-refractivity contribution in [2.24, 2.45) is 0 Å². The zero-order valence-corrected chi connectivity index (χ0v) is 10.2. The van der Waals surface area contributed by atoms with Crippen LogP contribution in [-0.2, 0) is 0 Å². The fraction of sp³-hybridized carbons (Fsp3) is 1.00. The first-order chi connectivity index (χ1) is 6.67. The van der Waals surface area contributed by atoms with E-state index in [1.807, 2.05) is 0 Å². The molecule has 2 heterocycles. The SMILES string of the molecule is CC1(C)CN(C2CCNCC2)CCS1. The van der Waals surface area contributed by atoms with Gasteiger partial charge in [-0.25, -0.2) is 0 Å². The summed E-state index contributed by atoms with van der Waals surface area (Å²) in [6.07, 6.45) is 2.70. The zero-order valence-electron chi connectivity index (χ0n) is 9.38. The average Bonchev–Trinajstić information content (AvgIpc) is 2.18. The van der Waals surface area contributed by atoms with E-state index in [0.717, 1.165) is 6.04 Å². The van der Waals surface area contributed by atoms with Gasteiger partial charge in [-0.3, -0.25) is 4.90 Å². The first kappa shape index (κ1) is 10.8. The van der Waals surface area contributed by atoms with E-state index in [1.54, 1.807) is 0 Å². The number of piperidine rings is 1. The number of nitrogens with one attached hydrogen (secondary N) is 1. The molecule has 2 aliphatic rings.